The zero-order valence-corrected chi connectivity index (χ0v) is 9.92. The molecule has 0 bridgehead atoms. The number of hydrogen-bond donors (Lipinski definition) is 1. The molecule has 0 aromatic heterocycles. The van der Waals surface area contributed by atoms with Crippen LogP contribution in [-0.4, -0.2) is 36.8 Å². The number of nitrogens with zero attached hydrogens (tertiary/aromatic N) is 1. The van der Waals surface area contributed by atoms with Crippen LogP contribution >= 0.6 is 0 Å². The third-order valence-corrected chi connectivity index (χ3v) is 3.22. The van der Waals surface area contributed by atoms with Gasteiger partial charge < -0.3 is 10.0 Å². The van der Waals surface area contributed by atoms with Gasteiger partial charge in [0.25, 0.3) is 0 Å². The highest BCUT2D eigenvalue weighted by Gasteiger charge is 2.42. The highest BCUT2D eigenvalue weighted by atomic mass is 16.3. The van der Waals surface area contributed by atoms with Crippen LogP contribution in [0.3, 0.4) is 0 Å². The Hall–Kier alpha value is -0.0800. The lowest BCUT2D eigenvalue weighted by Crippen LogP contribution is -2.29. The van der Waals surface area contributed by atoms with Gasteiger partial charge >= 0.3 is 0 Å². The first-order valence-electron chi connectivity index (χ1n) is 5.87. The van der Waals surface area contributed by atoms with Crippen LogP contribution in [-0.2, 0) is 0 Å². The van der Waals surface area contributed by atoms with E-state index in [1.54, 1.807) is 0 Å². The minimum Gasteiger partial charge on any atom is -0.396 e. The van der Waals surface area contributed by atoms with E-state index in [-0.39, 0.29) is 5.41 Å². The molecule has 1 saturated carbocycles. The predicted molar refractivity (Wildman–Crippen MR) is 60.3 cm³/mol. The van der Waals surface area contributed by atoms with Crippen molar-refractivity contribution in [2.24, 2.45) is 11.3 Å². The first kappa shape index (κ1) is 12.0. The van der Waals surface area contributed by atoms with Crippen molar-refractivity contribution in [3.05, 3.63) is 0 Å². The molecule has 0 amide bonds. The molecular weight excluding hydrogens is 174 g/mol. The second-order valence-corrected chi connectivity index (χ2v) is 5.43. The van der Waals surface area contributed by atoms with E-state index in [1.165, 1.54) is 32.2 Å². The molecule has 0 radical (unpaired) electrons. The SMILES string of the molecule is CC(C)CCCN(C)CC1(CO)CC1. The highest BCUT2D eigenvalue weighted by Crippen LogP contribution is 2.45. The van der Waals surface area contributed by atoms with Crippen LogP contribution in [0.4, 0.5) is 0 Å². The van der Waals surface area contributed by atoms with E-state index in [0.29, 0.717) is 6.61 Å². The summed E-state index contributed by atoms with van der Waals surface area (Å²) in [6.45, 7) is 7.19. The number of rotatable bonds is 7. The number of aliphatic hydroxyl groups is 1. The average molecular weight is 199 g/mol. The van der Waals surface area contributed by atoms with Gasteiger partial charge in [-0.1, -0.05) is 13.8 Å². The van der Waals surface area contributed by atoms with E-state index >= 15 is 0 Å². The molecule has 1 rings (SSSR count). The second kappa shape index (κ2) is 5.13. The quantitative estimate of drug-likeness (QED) is 0.679. The van der Waals surface area contributed by atoms with Crippen LogP contribution < -0.4 is 0 Å². The molecule has 0 saturated heterocycles. The van der Waals surface area contributed by atoms with Crippen LogP contribution in [0.1, 0.15) is 39.5 Å². The van der Waals surface area contributed by atoms with Crippen molar-refractivity contribution >= 4 is 0 Å². The Labute approximate surface area is 88.3 Å². The normalized spacial score (nSPS) is 19.3. The summed E-state index contributed by atoms with van der Waals surface area (Å²) in [5.74, 6) is 0.816. The molecule has 0 atom stereocenters. The maximum absolute atomic E-state index is 9.19. The largest absolute Gasteiger partial charge is 0.396 e. The van der Waals surface area contributed by atoms with Gasteiger partial charge in [-0.15, -0.1) is 0 Å². The molecule has 2 heteroatoms. The monoisotopic (exact) mass is 199 g/mol. The molecule has 0 aliphatic heterocycles. The van der Waals surface area contributed by atoms with Crippen LogP contribution in [0.15, 0.2) is 0 Å². The van der Waals surface area contributed by atoms with Gasteiger partial charge in [0.05, 0.1) is 0 Å². The lowest BCUT2D eigenvalue weighted by atomic mass is 10.1. The Bertz CT molecular complexity index is 164. The van der Waals surface area contributed by atoms with Crippen LogP contribution in [0.2, 0.25) is 0 Å². The third kappa shape index (κ3) is 3.97. The zero-order valence-electron chi connectivity index (χ0n) is 9.92. The van der Waals surface area contributed by atoms with Crippen molar-refractivity contribution in [1.29, 1.82) is 0 Å². The van der Waals surface area contributed by atoms with Crippen molar-refractivity contribution in [3.63, 3.8) is 0 Å². The predicted octanol–water partition coefficient (Wildman–Crippen LogP) is 2.13. The fourth-order valence-corrected chi connectivity index (χ4v) is 1.96. The van der Waals surface area contributed by atoms with Crippen molar-refractivity contribution in [3.8, 4) is 0 Å². The van der Waals surface area contributed by atoms with E-state index in [1.807, 2.05) is 0 Å². The van der Waals surface area contributed by atoms with Gasteiger partial charge in [0.15, 0.2) is 0 Å². The van der Waals surface area contributed by atoms with Gasteiger partial charge in [-0.3, -0.25) is 0 Å². The molecule has 2 nitrogen and oxygen atoms in total. The van der Waals surface area contributed by atoms with Gasteiger partial charge in [-0.25, -0.2) is 0 Å². The summed E-state index contributed by atoms with van der Waals surface area (Å²) < 4.78 is 0. The van der Waals surface area contributed by atoms with E-state index < -0.39 is 0 Å². The molecule has 0 spiro atoms. The number of hydrogen-bond acceptors (Lipinski definition) is 2. The smallest absolute Gasteiger partial charge is 0.0499 e. The van der Waals surface area contributed by atoms with E-state index in [4.69, 9.17) is 0 Å². The molecule has 0 heterocycles. The van der Waals surface area contributed by atoms with Gasteiger partial charge in [0.2, 0.25) is 0 Å². The second-order valence-electron chi connectivity index (χ2n) is 5.43. The summed E-state index contributed by atoms with van der Waals surface area (Å²) >= 11 is 0. The maximum Gasteiger partial charge on any atom is 0.0499 e. The maximum atomic E-state index is 9.19. The molecule has 1 fully saturated rings. The fraction of sp³-hybridized carbons (Fsp3) is 1.00. The Morgan fingerprint density at radius 1 is 1.36 bits per heavy atom. The molecule has 1 aliphatic carbocycles. The van der Waals surface area contributed by atoms with E-state index in [0.717, 1.165) is 12.5 Å². The molecule has 1 aliphatic rings. The summed E-state index contributed by atoms with van der Waals surface area (Å²) in [6, 6.07) is 0. The van der Waals surface area contributed by atoms with Crippen molar-refractivity contribution in [2.45, 2.75) is 39.5 Å². The molecule has 84 valence electrons. The molecule has 14 heavy (non-hydrogen) atoms. The molecule has 1 N–H and O–H groups in total. The summed E-state index contributed by atoms with van der Waals surface area (Å²) in [5.41, 5.74) is 0.284. The highest BCUT2D eigenvalue weighted by molar-refractivity contribution is 4.94. The number of aliphatic hydroxyl groups excluding tert-OH is 1. The van der Waals surface area contributed by atoms with E-state index in [2.05, 4.69) is 25.8 Å². The Kier molecular flexibility index (Phi) is 4.39. The van der Waals surface area contributed by atoms with Crippen molar-refractivity contribution in [1.82, 2.24) is 4.90 Å². The molecule has 0 aromatic rings. The van der Waals surface area contributed by atoms with Crippen molar-refractivity contribution < 1.29 is 5.11 Å². The van der Waals surface area contributed by atoms with Gasteiger partial charge in [0, 0.05) is 18.6 Å². The summed E-state index contributed by atoms with van der Waals surface area (Å²) in [5, 5.41) is 9.19. The van der Waals surface area contributed by atoms with Gasteiger partial charge in [0.1, 0.15) is 0 Å². The minimum atomic E-state index is 0.284. The average Bonchev–Trinajstić information content (AvgIpc) is 2.85. The van der Waals surface area contributed by atoms with Crippen LogP contribution in [0, 0.1) is 11.3 Å². The van der Waals surface area contributed by atoms with Crippen LogP contribution in [0.5, 0.6) is 0 Å². The summed E-state index contributed by atoms with van der Waals surface area (Å²) in [4.78, 5) is 2.38. The molecule has 0 aromatic carbocycles. The fourth-order valence-electron chi connectivity index (χ4n) is 1.96. The Morgan fingerprint density at radius 2 is 2.00 bits per heavy atom. The first-order valence-corrected chi connectivity index (χ1v) is 5.87. The standard InChI is InChI=1S/C12H25NO/c1-11(2)5-4-8-13(3)9-12(10-14)6-7-12/h11,14H,4-10H2,1-3H3. The molecular formula is C12H25NO. The lowest BCUT2D eigenvalue weighted by molar-refractivity contribution is 0.162. The lowest BCUT2D eigenvalue weighted by Gasteiger charge is -2.22. The van der Waals surface area contributed by atoms with Gasteiger partial charge in [-0.2, -0.15) is 0 Å². The Morgan fingerprint density at radius 3 is 2.43 bits per heavy atom. The zero-order chi connectivity index (χ0) is 10.6. The van der Waals surface area contributed by atoms with Gasteiger partial charge in [-0.05, 0) is 45.2 Å². The first-order chi connectivity index (χ1) is 6.58. The minimum absolute atomic E-state index is 0.284. The third-order valence-electron chi connectivity index (χ3n) is 3.22. The Balaban J connectivity index is 2.07. The summed E-state index contributed by atoms with van der Waals surface area (Å²) in [6.07, 6.45) is 5.04. The molecule has 0 unspecified atom stereocenters. The van der Waals surface area contributed by atoms with Crippen molar-refractivity contribution in [2.75, 3.05) is 26.7 Å². The summed E-state index contributed by atoms with van der Waals surface area (Å²) in [7, 11) is 2.18. The van der Waals surface area contributed by atoms with E-state index in [9.17, 15) is 5.11 Å². The topological polar surface area (TPSA) is 23.5 Å². The van der Waals surface area contributed by atoms with Crippen LogP contribution in [0.25, 0.3) is 0 Å².